The van der Waals surface area contributed by atoms with Crippen LogP contribution in [0.1, 0.15) is 18.2 Å². The van der Waals surface area contributed by atoms with Gasteiger partial charge in [-0.3, -0.25) is 0 Å². The Kier molecular flexibility index (Phi) is 3.71. The van der Waals surface area contributed by atoms with Crippen LogP contribution in [0.4, 0.5) is 4.39 Å². The van der Waals surface area contributed by atoms with Crippen LogP contribution >= 0.6 is 0 Å². The molecule has 108 valence electrons. The van der Waals surface area contributed by atoms with Gasteiger partial charge in [0.2, 0.25) is 0 Å². The van der Waals surface area contributed by atoms with E-state index in [2.05, 4.69) is 24.0 Å². The van der Waals surface area contributed by atoms with Crippen LogP contribution in [0.5, 0.6) is 0 Å². The fourth-order valence-electron chi connectivity index (χ4n) is 2.59. The van der Waals surface area contributed by atoms with Crippen molar-refractivity contribution < 1.29 is 4.39 Å². The second-order valence-corrected chi connectivity index (χ2v) is 5.05. The molecule has 3 rings (SSSR count). The maximum Gasteiger partial charge on any atom is 0.173 e. The summed E-state index contributed by atoms with van der Waals surface area (Å²) >= 11 is 0. The predicted octanol–water partition coefficient (Wildman–Crippen LogP) is 3.20. The van der Waals surface area contributed by atoms with Gasteiger partial charge in [0.25, 0.3) is 0 Å². The molecule has 0 aliphatic heterocycles. The minimum Gasteiger partial charge on any atom is -0.330 e. The highest BCUT2D eigenvalue weighted by atomic mass is 19.1. The molecule has 2 heterocycles. The number of halogens is 1. The smallest absolute Gasteiger partial charge is 0.173 e. The Hall–Kier alpha value is -2.20. The van der Waals surface area contributed by atoms with Gasteiger partial charge >= 0.3 is 0 Å². The van der Waals surface area contributed by atoms with Gasteiger partial charge in [0, 0.05) is 18.2 Å². The van der Waals surface area contributed by atoms with Crippen LogP contribution in [-0.2, 0) is 12.8 Å². The fourth-order valence-corrected chi connectivity index (χ4v) is 2.59. The highest BCUT2D eigenvalue weighted by Gasteiger charge is 2.15. The molecule has 2 N–H and O–H groups in total. The average molecular weight is 283 g/mol. The summed E-state index contributed by atoms with van der Waals surface area (Å²) in [5.74, 6) is -0.313. The van der Waals surface area contributed by atoms with Crippen LogP contribution < -0.4 is 5.73 Å². The molecule has 0 aliphatic carbocycles. The summed E-state index contributed by atoms with van der Waals surface area (Å²) in [5.41, 5.74) is 10.1. The summed E-state index contributed by atoms with van der Waals surface area (Å²) in [4.78, 5) is 4.49. The van der Waals surface area contributed by atoms with Crippen LogP contribution in [0.2, 0.25) is 0 Å². The average Bonchev–Trinajstić information content (AvgIpc) is 2.88. The lowest BCUT2D eigenvalue weighted by molar-refractivity contribution is 0.629. The molecular formula is C17H18FN3. The Bertz CT molecular complexity index is 760. The molecule has 0 unspecified atom stereocenters. The first-order chi connectivity index (χ1) is 10.2. The molecule has 0 aliphatic rings. The van der Waals surface area contributed by atoms with Gasteiger partial charge < -0.3 is 10.1 Å². The number of aromatic nitrogens is 2. The molecule has 0 radical (unpaired) electrons. The van der Waals surface area contributed by atoms with E-state index < -0.39 is 0 Å². The number of hydrogen-bond donors (Lipinski definition) is 1. The number of imidazole rings is 1. The molecule has 4 heteroatoms. The molecule has 0 amide bonds. The Labute approximate surface area is 123 Å². The zero-order valence-corrected chi connectivity index (χ0v) is 12.0. The second kappa shape index (κ2) is 5.66. The summed E-state index contributed by atoms with van der Waals surface area (Å²) in [6, 6.07) is 11.4. The topological polar surface area (TPSA) is 43.3 Å². The van der Waals surface area contributed by atoms with Gasteiger partial charge in [-0.15, -0.1) is 0 Å². The van der Waals surface area contributed by atoms with Gasteiger partial charge in [0.1, 0.15) is 0 Å². The molecule has 21 heavy (non-hydrogen) atoms. The van der Waals surface area contributed by atoms with Crippen LogP contribution in [0.3, 0.4) is 0 Å². The lowest BCUT2D eigenvalue weighted by atomic mass is 10.1. The largest absolute Gasteiger partial charge is 0.330 e. The summed E-state index contributed by atoms with van der Waals surface area (Å²) in [6.45, 7) is 2.62. The van der Waals surface area contributed by atoms with E-state index in [0.717, 1.165) is 23.4 Å². The zero-order chi connectivity index (χ0) is 14.8. The van der Waals surface area contributed by atoms with Crippen molar-refractivity contribution in [1.29, 1.82) is 0 Å². The number of hydrogen-bond acceptors (Lipinski definition) is 2. The molecule has 0 saturated heterocycles. The van der Waals surface area contributed by atoms with E-state index in [1.54, 1.807) is 10.5 Å². The van der Waals surface area contributed by atoms with Crippen molar-refractivity contribution >= 4 is 5.65 Å². The lowest BCUT2D eigenvalue weighted by Gasteiger charge is -2.04. The van der Waals surface area contributed by atoms with E-state index in [1.807, 2.05) is 18.3 Å². The third-order valence-electron chi connectivity index (χ3n) is 3.72. The van der Waals surface area contributed by atoms with E-state index in [1.165, 1.54) is 11.6 Å². The van der Waals surface area contributed by atoms with Crippen molar-refractivity contribution in [3.05, 3.63) is 59.7 Å². The molecule has 1 aromatic carbocycles. The van der Waals surface area contributed by atoms with E-state index in [0.29, 0.717) is 18.6 Å². The van der Waals surface area contributed by atoms with Crippen molar-refractivity contribution in [1.82, 2.24) is 9.38 Å². The first-order valence-corrected chi connectivity index (χ1v) is 7.19. The molecule has 2 aromatic heterocycles. The Morgan fingerprint density at radius 2 is 1.95 bits per heavy atom. The quantitative estimate of drug-likeness (QED) is 0.799. The number of pyridine rings is 1. The standard InChI is InChI=1S/C17H18FN3/c1-2-12-5-7-13(8-6-12)16-15(9-10-19)21-11-3-4-14(18)17(21)20-16/h3-8,11H,2,9-10,19H2,1H3. The van der Waals surface area contributed by atoms with Gasteiger partial charge in [-0.05, 0) is 30.7 Å². The number of nitrogens with zero attached hydrogens (tertiary/aromatic N) is 2. The van der Waals surface area contributed by atoms with Crippen LogP contribution in [0, 0.1) is 5.82 Å². The van der Waals surface area contributed by atoms with Crippen molar-refractivity contribution in [2.75, 3.05) is 6.54 Å². The third-order valence-corrected chi connectivity index (χ3v) is 3.72. The number of aryl methyl sites for hydroxylation is 1. The fraction of sp³-hybridized carbons (Fsp3) is 0.235. The van der Waals surface area contributed by atoms with Crippen molar-refractivity contribution in [3.8, 4) is 11.3 Å². The first kappa shape index (κ1) is 13.8. The van der Waals surface area contributed by atoms with Crippen LogP contribution in [-0.4, -0.2) is 15.9 Å². The Morgan fingerprint density at radius 1 is 1.19 bits per heavy atom. The second-order valence-electron chi connectivity index (χ2n) is 5.05. The van der Waals surface area contributed by atoms with Gasteiger partial charge in [-0.2, -0.15) is 0 Å². The molecule has 0 fully saturated rings. The molecular weight excluding hydrogens is 265 g/mol. The van der Waals surface area contributed by atoms with E-state index in [9.17, 15) is 4.39 Å². The number of nitrogens with two attached hydrogens (primary N) is 1. The Balaban J connectivity index is 2.20. The maximum atomic E-state index is 13.9. The van der Waals surface area contributed by atoms with E-state index in [-0.39, 0.29) is 5.82 Å². The van der Waals surface area contributed by atoms with E-state index >= 15 is 0 Å². The monoisotopic (exact) mass is 283 g/mol. The predicted molar refractivity (Wildman–Crippen MR) is 82.7 cm³/mol. The van der Waals surface area contributed by atoms with Crippen molar-refractivity contribution in [3.63, 3.8) is 0 Å². The Morgan fingerprint density at radius 3 is 2.62 bits per heavy atom. The van der Waals surface area contributed by atoms with Gasteiger partial charge in [-0.1, -0.05) is 31.2 Å². The minimum atomic E-state index is -0.313. The zero-order valence-electron chi connectivity index (χ0n) is 12.0. The normalized spacial score (nSPS) is 11.2. The third kappa shape index (κ3) is 2.43. The molecule has 0 bridgehead atoms. The summed E-state index contributed by atoms with van der Waals surface area (Å²) in [5, 5.41) is 0. The van der Waals surface area contributed by atoms with Crippen molar-refractivity contribution in [2.45, 2.75) is 19.8 Å². The molecule has 0 saturated carbocycles. The highest BCUT2D eigenvalue weighted by Crippen LogP contribution is 2.26. The number of fused-ring (bicyclic) bond motifs is 1. The maximum absolute atomic E-state index is 13.9. The molecule has 0 atom stereocenters. The number of benzene rings is 1. The van der Waals surface area contributed by atoms with Gasteiger partial charge in [0.15, 0.2) is 11.5 Å². The van der Waals surface area contributed by atoms with Crippen molar-refractivity contribution in [2.24, 2.45) is 5.73 Å². The van der Waals surface area contributed by atoms with Gasteiger partial charge in [0.05, 0.1) is 11.4 Å². The van der Waals surface area contributed by atoms with Crippen LogP contribution in [0.15, 0.2) is 42.6 Å². The minimum absolute atomic E-state index is 0.313. The highest BCUT2D eigenvalue weighted by molar-refractivity contribution is 5.67. The van der Waals surface area contributed by atoms with E-state index in [4.69, 9.17) is 5.73 Å². The molecule has 3 aromatic rings. The van der Waals surface area contributed by atoms with Crippen LogP contribution in [0.25, 0.3) is 16.9 Å². The summed E-state index contributed by atoms with van der Waals surface area (Å²) in [6.07, 6.45) is 3.49. The first-order valence-electron chi connectivity index (χ1n) is 7.19. The summed E-state index contributed by atoms with van der Waals surface area (Å²) < 4.78 is 15.7. The molecule has 3 nitrogen and oxygen atoms in total. The number of rotatable bonds is 4. The summed E-state index contributed by atoms with van der Waals surface area (Å²) in [7, 11) is 0. The SMILES string of the molecule is CCc1ccc(-c2nc3c(F)cccn3c2CCN)cc1. The molecule has 0 spiro atoms. The van der Waals surface area contributed by atoms with Gasteiger partial charge in [-0.25, -0.2) is 9.37 Å². The lowest BCUT2D eigenvalue weighted by Crippen LogP contribution is -2.06.